The molecule has 0 saturated carbocycles. The lowest BCUT2D eigenvalue weighted by Gasteiger charge is -2.36. The van der Waals surface area contributed by atoms with Crippen molar-refractivity contribution in [3.8, 4) is 0 Å². The van der Waals surface area contributed by atoms with Gasteiger partial charge in [0, 0.05) is 25.2 Å². The lowest BCUT2D eigenvalue weighted by molar-refractivity contribution is -0.870. The first kappa shape index (κ1) is 56.3. The van der Waals surface area contributed by atoms with Crippen LogP contribution in [0.25, 0.3) is 0 Å². The molecule has 0 bridgehead atoms. The highest BCUT2D eigenvalue weighted by molar-refractivity contribution is 7.45. The summed E-state index contributed by atoms with van der Waals surface area (Å²) in [4.78, 5) is 37.8. The van der Waals surface area contributed by atoms with Crippen molar-refractivity contribution in [1.82, 2.24) is 0 Å². The highest BCUT2D eigenvalue weighted by Gasteiger charge is 2.35. The average molecular weight is 876 g/mol. The topological polar surface area (TPSA) is 181 Å². The molecule has 352 valence electrons. The number of phosphoric ester groups is 1. The second-order valence-electron chi connectivity index (χ2n) is 17.7. The SMILES string of the molecule is CCCCCCCCCCCCCCCCCC(=O)OC[C@H](COP(=O)([O-])OCC[N+](C)(C)C)OC(=O)CCC/C=C\C[C@H]1[C@@H](O)CC(O)O[C@@H]1/C=C/[C@@H](O)CCCCC. The van der Waals surface area contributed by atoms with E-state index in [0.717, 1.165) is 38.5 Å². The maximum Gasteiger partial charge on any atom is 0.306 e. The lowest BCUT2D eigenvalue weighted by Crippen LogP contribution is -2.43. The molecule has 60 heavy (non-hydrogen) atoms. The van der Waals surface area contributed by atoms with Crippen molar-refractivity contribution in [2.75, 3.05) is 47.5 Å². The highest BCUT2D eigenvalue weighted by atomic mass is 31.2. The summed E-state index contributed by atoms with van der Waals surface area (Å²) in [5.41, 5.74) is 0. The van der Waals surface area contributed by atoms with Crippen LogP contribution in [-0.4, -0.2) is 110 Å². The quantitative estimate of drug-likeness (QED) is 0.0177. The van der Waals surface area contributed by atoms with Gasteiger partial charge in [-0.2, -0.15) is 0 Å². The van der Waals surface area contributed by atoms with Crippen LogP contribution in [0.5, 0.6) is 0 Å². The Morgan fingerprint density at radius 1 is 0.783 bits per heavy atom. The minimum Gasteiger partial charge on any atom is -0.756 e. The van der Waals surface area contributed by atoms with Gasteiger partial charge in [0.25, 0.3) is 7.82 Å². The summed E-state index contributed by atoms with van der Waals surface area (Å²) < 4.78 is 39.6. The van der Waals surface area contributed by atoms with Gasteiger partial charge in [-0.1, -0.05) is 147 Å². The van der Waals surface area contributed by atoms with Gasteiger partial charge in [0.2, 0.25) is 0 Å². The number of hydrogen-bond acceptors (Lipinski definition) is 12. The Labute approximate surface area is 363 Å². The van der Waals surface area contributed by atoms with Crippen LogP contribution >= 0.6 is 7.82 Å². The maximum atomic E-state index is 12.8. The Kier molecular flexibility index (Phi) is 32.7. The van der Waals surface area contributed by atoms with Gasteiger partial charge in [-0.25, -0.2) is 0 Å². The number of carbonyl (C=O) groups is 2. The van der Waals surface area contributed by atoms with Crippen molar-refractivity contribution in [2.24, 2.45) is 5.92 Å². The van der Waals surface area contributed by atoms with Gasteiger partial charge in [0.05, 0.1) is 46.1 Å². The normalized spacial score (nSPS) is 20.7. The highest BCUT2D eigenvalue weighted by Crippen LogP contribution is 2.38. The molecule has 1 rings (SSSR count). The Morgan fingerprint density at radius 2 is 1.35 bits per heavy atom. The van der Waals surface area contributed by atoms with Crippen molar-refractivity contribution in [2.45, 2.75) is 205 Å². The number of likely N-dealkylation sites (N-methyl/N-ethyl adjacent to an activating group) is 1. The van der Waals surface area contributed by atoms with Crippen LogP contribution in [0, 0.1) is 5.92 Å². The molecular weight excluding hydrogens is 789 g/mol. The van der Waals surface area contributed by atoms with Crippen LogP contribution in [0.15, 0.2) is 24.3 Å². The van der Waals surface area contributed by atoms with E-state index in [0.29, 0.717) is 43.1 Å². The zero-order valence-corrected chi connectivity index (χ0v) is 39.1. The number of ether oxygens (including phenoxy) is 3. The number of unbranched alkanes of at least 4 members (excludes halogenated alkanes) is 17. The van der Waals surface area contributed by atoms with E-state index in [1.54, 1.807) is 12.2 Å². The fourth-order valence-electron chi connectivity index (χ4n) is 6.99. The maximum absolute atomic E-state index is 12.8. The summed E-state index contributed by atoms with van der Waals surface area (Å²) >= 11 is 0. The van der Waals surface area contributed by atoms with Gasteiger partial charge in [0.1, 0.15) is 19.8 Å². The van der Waals surface area contributed by atoms with Gasteiger partial charge in [-0.05, 0) is 32.1 Å². The van der Waals surface area contributed by atoms with Crippen LogP contribution < -0.4 is 4.89 Å². The van der Waals surface area contributed by atoms with E-state index in [2.05, 4.69) is 13.8 Å². The van der Waals surface area contributed by atoms with Crippen LogP contribution in [-0.2, 0) is 37.4 Å². The van der Waals surface area contributed by atoms with Crippen LogP contribution in [0.1, 0.15) is 174 Å². The van der Waals surface area contributed by atoms with Crippen molar-refractivity contribution >= 4 is 19.8 Å². The number of aliphatic hydroxyl groups is 3. The van der Waals surface area contributed by atoms with E-state index in [1.807, 2.05) is 33.3 Å². The number of allylic oxidation sites excluding steroid dienone is 2. The fourth-order valence-corrected chi connectivity index (χ4v) is 7.72. The zero-order valence-electron chi connectivity index (χ0n) is 38.2. The molecular formula is C46H86NO12P. The van der Waals surface area contributed by atoms with E-state index in [9.17, 15) is 34.4 Å². The first-order valence-corrected chi connectivity index (χ1v) is 24.9. The Bertz CT molecular complexity index is 1190. The number of phosphoric acid groups is 1. The number of quaternary nitrogens is 1. The number of hydrogen-bond donors (Lipinski definition) is 3. The molecule has 0 aromatic carbocycles. The van der Waals surface area contributed by atoms with Crippen molar-refractivity contribution in [3.63, 3.8) is 0 Å². The van der Waals surface area contributed by atoms with Gasteiger partial charge >= 0.3 is 11.9 Å². The number of rotatable bonds is 38. The Morgan fingerprint density at radius 3 is 1.95 bits per heavy atom. The molecule has 0 radical (unpaired) electrons. The number of nitrogens with zero attached hydrogens (tertiary/aromatic N) is 1. The van der Waals surface area contributed by atoms with E-state index in [-0.39, 0.29) is 38.4 Å². The second-order valence-corrected chi connectivity index (χ2v) is 19.1. The van der Waals surface area contributed by atoms with Crippen molar-refractivity contribution < 1.29 is 62.1 Å². The fraction of sp³-hybridized carbons (Fsp3) is 0.870. The molecule has 1 saturated heterocycles. The molecule has 3 N–H and O–H groups in total. The molecule has 7 atom stereocenters. The van der Waals surface area contributed by atoms with E-state index < -0.39 is 57.1 Å². The monoisotopic (exact) mass is 876 g/mol. The molecule has 0 aliphatic carbocycles. The molecule has 1 fully saturated rings. The number of esters is 2. The molecule has 0 spiro atoms. The lowest BCUT2D eigenvalue weighted by atomic mass is 9.87. The van der Waals surface area contributed by atoms with Crippen molar-refractivity contribution in [1.29, 1.82) is 0 Å². The van der Waals surface area contributed by atoms with Gasteiger partial charge in [-0.15, -0.1) is 0 Å². The molecule has 1 aliphatic heterocycles. The third-order valence-electron chi connectivity index (χ3n) is 10.8. The Balaban J connectivity index is 2.52. The summed E-state index contributed by atoms with van der Waals surface area (Å²) in [5, 5.41) is 31.0. The molecule has 13 nitrogen and oxygen atoms in total. The molecule has 1 aliphatic rings. The molecule has 2 unspecified atom stereocenters. The van der Waals surface area contributed by atoms with E-state index in [1.165, 1.54) is 70.6 Å². The van der Waals surface area contributed by atoms with E-state index in [4.69, 9.17) is 23.3 Å². The summed E-state index contributed by atoms with van der Waals surface area (Å²) in [6.45, 7) is 3.81. The first-order valence-electron chi connectivity index (χ1n) is 23.4. The standard InChI is InChI=1S/C46H86NO12P/c1-6-8-10-11-12-13-14-15-16-17-18-19-20-21-26-30-44(50)55-37-40(38-57-60(53,54)56-35-34-47(3,4)5)58-45(51)31-27-23-22-25-29-41-42(49)36-46(52)59-43(41)33-32-39(48)28-24-9-7-2/h22,25,32-33,39-43,46,48-49,52H,6-21,23-24,26-31,34-38H2,1-5H3/b25-22-,33-32+/t39-,40+,41-,42-,43+,46?/m0/s1. The zero-order chi connectivity index (χ0) is 44.5. The number of aliphatic hydroxyl groups excluding tert-OH is 3. The van der Waals surface area contributed by atoms with Gasteiger partial charge < -0.3 is 48.0 Å². The predicted octanol–water partition coefficient (Wildman–Crippen LogP) is 8.61. The number of carbonyl (C=O) groups excluding carboxylic acids is 2. The summed E-state index contributed by atoms with van der Waals surface area (Å²) in [5.74, 6) is -1.34. The minimum absolute atomic E-state index is 0.0333. The van der Waals surface area contributed by atoms with Gasteiger partial charge in [-0.3, -0.25) is 14.2 Å². The second kappa shape index (κ2) is 34.8. The molecule has 0 aromatic rings. The third kappa shape index (κ3) is 32.1. The smallest absolute Gasteiger partial charge is 0.306 e. The van der Waals surface area contributed by atoms with E-state index >= 15 is 0 Å². The molecule has 0 amide bonds. The molecule has 0 aromatic heterocycles. The third-order valence-corrected chi connectivity index (χ3v) is 11.7. The molecule has 1 heterocycles. The average Bonchev–Trinajstić information content (AvgIpc) is 3.18. The molecule has 14 heteroatoms. The predicted molar refractivity (Wildman–Crippen MR) is 235 cm³/mol. The summed E-state index contributed by atoms with van der Waals surface area (Å²) in [6.07, 6.45) is 26.8. The largest absolute Gasteiger partial charge is 0.756 e. The Hall–Kier alpha value is -1.67. The first-order chi connectivity index (χ1) is 28.7. The van der Waals surface area contributed by atoms with Crippen LogP contribution in [0.3, 0.4) is 0 Å². The summed E-state index contributed by atoms with van der Waals surface area (Å²) in [7, 11) is 1.00. The van der Waals surface area contributed by atoms with Crippen LogP contribution in [0.2, 0.25) is 0 Å². The summed E-state index contributed by atoms with van der Waals surface area (Å²) in [6, 6.07) is 0. The minimum atomic E-state index is -4.70. The van der Waals surface area contributed by atoms with Gasteiger partial charge in [0.15, 0.2) is 12.4 Å². The van der Waals surface area contributed by atoms with Crippen LogP contribution in [0.4, 0.5) is 0 Å². The van der Waals surface area contributed by atoms with Crippen molar-refractivity contribution in [3.05, 3.63) is 24.3 Å².